The number of carbonyl (C=O) groups is 1. The maximum absolute atomic E-state index is 12.3. The third-order valence-corrected chi connectivity index (χ3v) is 7.42. The number of anilines is 1. The van der Waals surface area contributed by atoms with Gasteiger partial charge >= 0.3 is 0 Å². The number of rotatable bonds is 8. The van der Waals surface area contributed by atoms with E-state index in [2.05, 4.69) is 15.5 Å². The predicted molar refractivity (Wildman–Crippen MR) is 107 cm³/mol. The summed E-state index contributed by atoms with van der Waals surface area (Å²) in [7, 11) is -3.52. The van der Waals surface area contributed by atoms with Crippen LogP contribution < -0.4 is 5.32 Å². The smallest absolute Gasteiger partial charge is 0.268 e. The molecule has 0 saturated carbocycles. The molecule has 3 aromatic heterocycles. The van der Waals surface area contributed by atoms with Crippen LogP contribution in [0, 0.1) is 11.3 Å². The van der Waals surface area contributed by atoms with E-state index in [-0.39, 0.29) is 20.8 Å². The Labute approximate surface area is 174 Å². The van der Waals surface area contributed by atoms with E-state index in [0.29, 0.717) is 16.6 Å². The number of hydrogen-bond donors (Lipinski definition) is 1. The van der Waals surface area contributed by atoms with Gasteiger partial charge in [0.15, 0.2) is 5.09 Å². The van der Waals surface area contributed by atoms with Crippen molar-refractivity contribution in [2.45, 2.75) is 22.1 Å². The lowest BCUT2D eigenvalue weighted by Gasteiger charge is -1.98. The van der Waals surface area contributed by atoms with Crippen molar-refractivity contribution < 1.29 is 22.0 Å². The summed E-state index contributed by atoms with van der Waals surface area (Å²) in [5.41, 5.74) is -0.225. The Bertz CT molecular complexity index is 1170. The Morgan fingerprint density at radius 1 is 1.38 bits per heavy atom. The topological polar surface area (TPSA) is 139 Å². The number of nitrogens with one attached hydrogen (secondary N) is 1. The molecule has 3 aromatic rings. The largest absolute Gasteiger partial charge is 0.468 e. The lowest BCUT2D eigenvalue weighted by Crippen LogP contribution is -2.13. The first-order valence-corrected chi connectivity index (χ1v) is 11.6. The molecular weight excluding hydrogens is 436 g/mol. The van der Waals surface area contributed by atoms with E-state index in [1.807, 2.05) is 6.07 Å². The van der Waals surface area contributed by atoms with Gasteiger partial charge in [-0.15, -0.1) is 10.2 Å². The van der Waals surface area contributed by atoms with Gasteiger partial charge in [-0.05, 0) is 24.3 Å². The van der Waals surface area contributed by atoms with Gasteiger partial charge in [-0.3, -0.25) is 10.1 Å². The Kier molecular flexibility index (Phi) is 6.53. The number of nitrogens with zero attached hydrogens (tertiary/aromatic N) is 3. The van der Waals surface area contributed by atoms with Gasteiger partial charge in [-0.25, -0.2) is 8.42 Å². The van der Waals surface area contributed by atoms with Crippen LogP contribution in [-0.2, 0) is 20.4 Å². The molecule has 0 atom stereocenters. The molecule has 0 bridgehead atoms. The van der Waals surface area contributed by atoms with E-state index in [1.54, 1.807) is 30.5 Å². The fourth-order valence-electron chi connectivity index (χ4n) is 1.99. The Hall–Kier alpha value is -2.88. The zero-order chi connectivity index (χ0) is 20.9. The summed E-state index contributed by atoms with van der Waals surface area (Å²) in [6, 6.07) is 8.78. The fraction of sp³-hybridized carbons (Fsp3) is 0.176. The Morgan fingerprint density at radius 3 is 2.90 bits per heavy atom. The standard InChI is InChI=1S/C17H14N4O5S3/c1-2-29(23,24)17-21-20-16(28-17)19-15(22)11(9-18)8-12-5-6-14(26-12)27-10-13-4-3-7-25-13/h3-8H,2,10H2,1H3,(H,19,20,22)/b11-8-. The molecule has 0 saturated heterocycles. The number of thioether (sulfide) groups is 1. The monoisotopic (exact) mass is 450 g/mol. The molecule has 12 heteroatoms. The first kappa shape index (κ1) is 20.8. The SMILES string of the molecule is CCS(=O)(=O)c1nnc(NC(=O)/C(C#N)=C\c2ccc(SCc3ccco3)o2)s1. The molecule has 0 fully saturated rings. The van der Waals surface area contributed by atoms with Crippen LogP contribution in [0.3, 0.4) is 0 Å². The van der Waals surface area contributed by atoms with E-state index in [0.717, 1.165) is 17.1 Å². The van der Waals surface area contributed by atoms with Crippen LogP contribution in [0.15, 0.2) is 54.4 Å². The molecule has 0 radical (unpaired) electrons. The summed E-state index contributed by atoms with van der Waals surface area (Å²) in [5.74, 6) is 0.824. The summed E-state index contributed by atoms with van der Waals surface area (Å²) in [6.07, 6.45) is 2.87. The molecule has 0 aliphatic heterocycles. The van der Waals surface area contributed by atoms with E-state index < -0.39 is 15.7 Å². The number of amides is 1. The quantitative estimate of drug-likeness (QED) is 0.237. The average Bonchev–Trinajstić information content (AvgIpc) is 3.46. The highest BCUT2D eigenvalue weighted by Crippen LogP contribution is 2.26. The summed E-state index contributed by atoms with van der Waals surface area (Å²) in [6.45, 7) is 1.48. The van der Waals surface area contributed by atoms with E-state index >= 15 is 0 Å². The molecule has 9 nitrogen and oxygen atoms in total. The second kappa shape index (κ2) is 9.08. The molecule has 0 spiro atoms. The maximum Gasteiger partial charge on any atom is 0.268 e. The highest BCUT2D eigenvalue weighted by atomic mass is 32.2. The van der Waals surface area contributed by atoms with Crippen molar-refractivity contribution in [1.29, 1.82) is 5.26 Å². The minimum absolute atomic E-state index is 0.0164. The number of carbonyl (C=O) groups excluding carboxylic acids is 1. The second-order valence-electron chi connectivity index (χ2n) is 5.43. The van der Waals surface area contributed by atoms with Crippen LogP contribution in [0.2, 0.25) is 0 Å². The first-order chi connectivity index (χ1) is 13.9. The minimum Gasteiger partial charge on any atom is -0.468 e. The number of hydrogen-bond acceptors (Lipinski definition) is 10. The molecule has 1 N–H and O–H groups in total. The molecule has 0 aromatic carbocycles. The van der Waals surface area contributed by atoms with Crippen LogP contribution in [0.1, 0.15) is 18.4 Å². The minimum atomic E-state index is -3.52. The van der Waals surface area contributed by atoms with Crippen molar-refractivity contribution in [2.24, 2.45) is 0 Å². The van der Waals surface area contributed by atoms with Crippen molar-refractivity contribution in [3.8, 4) is 6.07 Å². The second-order valence-corrected chi connectivity index (χ2v) is 9.83. The molecule has 3 heterocycles. The number of furan rings is 2. The van der Waals surface area contributed by atoms with Crippen LogP contribution >= 0.6 is 23.1 Å². The molecule has 1 amide bonds. The third-order valence-electron chi connectivity index (χ3n) is 3.46. The van der Waals surface area contributed by atoms with Crippen LogP contribution in [0.5, 0.6) is 0 Å². The summed E-state index contributed by atoms with van der Waals surface area (Å²) in [4.78, 5) is 12.3. The maximum atomic E-state index is 12.3. The molecular formula is C17H14N4O5S3. The van der Waals surface area contributed by atoms with E-state index in [1.165, 1.54) is 24.8 Å². The van der Waals surface area contributed by atoms with Gasteiger partial charge in [0.25, 0.3) is 5.91 Å². The van der Waals surface area contributed by atoms with E-state index in [9.17, 15) is 18.5 Å². The highest BCUT2D eigenvalue weighted by molar-refractivity contribution is 7.98. The van der Waals surface area contributed by atoms with Gasteiger partial charge in [-0.1, -0.05) is 30.0 Å². The van der Waals surface area contributed by atoms with Crippen molar-refractivity contribution in [2.75, 3.05) is 11.1 Å². The Morgan fingerprint density at radius 2 is 2.21 bits per heavy atom. The molecule has 0 aliphatic carbocycles. The van der Waals surface area contributed by atoms with Crippen molar-refractivity contribution in [1.82, 2.24) is 10.2 Å². The van der Waals surface area contributed by atoms with Gasteiger partial charge in [0.05, 0.1) is 17.8 Å². The van der Waals surface area contributed by atoms with Gasteiger partial charge in [0, 0.05) is 6.08 Å². The lowest BCUT2D eigenvalue weighted by molar-refractivity contribution is -0.112. The summed E-state index contributed by atoms with van der Waals surface area (Å²) in [5, 5.41) is 19.4. The Balaban J connectivity index is 1.66. The zero-order valence-electron chi connectivity index (χ0n) is 15.0. The molecule has 0 unspecified atom stereocenters. The zero-order valence-corrected chi connectivity index (χ0v) is 17.4. The van der Waals surface area contributed by atoms with Crippen molar-refractivity contribution >= 4 is 50.1 Å². The van der Waals surface area contributed by atoms with Gasteiger partial charge in [0.2, 0.25) is 19.3 Å². The third kappa shape index (κ3) is 5.35. The fourth-order valence-corrected chi connectivity index (χ4v) is 4.74. The average molecular weight is 451 g/mol. The van der Waals surface area contributed by atoms with E-state index in [4.69, 9.17) is 8.83 Å². The van der Waals surface area contributed by atoms with Crippen molar-refractivity contribution in [3.63, 3.8) is 0 Å². The van der Waals surface area contributed by atoms with Crippen molar-refractivity contribution in [3.05, 3.63) is 47.6 Å². The molecule has 150 valence electrons. The predicted octanol–water partition coefficient (Wildman–Crippen LogP) is 3.36. The first-order valence-electron chi connectivity index (χ1n) is 8.15. The summed E-state index contributed by atoms with van der Waals surface area (Å²) >= 11 is 2.13. The highest BCUT2D eigenvalue weighted by Gasteiger charge is 2.20. The molecule has 29 heavy (non-hydrogen) atoms. The van der Waals surface area contributed by atoms with Crippen LogP contribution in [0.4, 0.5) is 5.13 Å². The normalized spacial score (nSPS) is 11.9. The number of aromatic nitrogens is 2. The van der Waals surface area contributed by atoms with Crippen LogP contribution in [-0.4, -0.2) is 30.3 Å². The summed E-state index contributed by atoms with van der Waals surface area (Å²) < 4.78 is 34.2. The van der Waals surface area contributed by atoms with Gasteiger partial charge in [0.1, 0.15) is 23.2 Å². The number of nitriles is 1. The molecule has 0 aliphatic rings. The number of sulfone groups is 1. The van der Waals surface area contributed by atoms with Gasteiger partial charge in [-0.2, -0.15) is 5.26 Å². The molecule has 3 rings (SSSR count). The van der Waals surface area contributed by atoms with Crippen LogP contribution in [0.25, 0.3) is 6.08 Å². The van der Waals surface area contributed by atoms with Gasteiger partial charge < -0.3 is 8.83 Å². The lowest BCUT2D eigenvalue weighted by atomic mass is 10.2.